The summed E-state index contributed by atoms with van der Waals surface area (Å²) in [5.74, 6) is 7.44. The summed E-state index contributed by atoms with van der Waals surface area (Å²) < 4.78 is 12.5. The maximum atomic E-state index is 11.4. The van der Waals surface area contributed by atoms with Crippen LogP contribution in [-0.2, 0) is 14.3 Å². The molecule has 0 amide bonds. The molecule has 0 aromatic carbocycles. The number of hydrogen-bond donors (Lipinski definition) is 1. The molecular weight excluding hydrogens is 599 g/mol. The second-order valence-electron chi connectivity index (χ2n) is 17.0. The molecule has 4 saturated carbocycles. The molecule has 6 fully saturated rings. The van der Waals surface area contributed by atoms with Gasteiger partial charge in [-0.3, -0.25) is 4.79 Å². The standard InChI is InChI=1S/C20H36O2.C20H34O2.C2H7P/c2*1-2-3-15-4-13-20(22-14-15)18-7-5-16(6-8-18)17-9-11-19(21)12-10-17;1-3-2/h15-21H,2-14H2,1H3;15-18,20H,2-14H2,1H3;3H,1-2H3. The number of rotatable bonds is 8. The average molecular weight is 677 g/mol. The first-order chi connectivity index (χ1) is 22.9. The van der Waals surface area contributed by atoms with Crippen molar-refractivity contribution < 1.29 is 19.4 Å². The third-order valence-electron chi connectivity index (χ3n) is 13.6. The van der Waals surface area contributed by atoms with Crippen LogP contribution in [0.5, 0.6) is 0 Å². The Bertz CT molecular complexity index is 800. The van der Waals surface area contributed by atoms with Crippen LogP contribution in [0.25, 0.3) is 0 Å². The summed E-state index contributed by atoms with van der Waals surface area (Å²) in [5.41, 5.74) is 0. The molecule has 274 valence electrons. The molecule has 47 heavy (non-hydrogen) atoms. The number of carbonyl (C=O) groups excluding carboxylic acids is 1. The van der Waals surface area contributed by atoms with Crippen LogP contribution in [0.1, 0.15) is 168 Å². The average Bonchev–Trinajstić information content (AvgIpc) is 3.11. The minimum atomic E-state index is -0.000653. The van der Waals surface area contributed by atoms with Crippen molar-refractivity contribution in [1.82, 2.24) is 0 Å². The van der Waals surface area contributed by atoms with Crippen LogP contribution in [0.15, 0.2) is 0 Å². The summed E-state index contributed by atoms with van der Waals surface area (Å²) in [6.07, 6.45) is 31.7. The van der Waals surface area contributed by atoms with Gasteiger partial charge in [0.1, 0.15) is 5.78 Å². The van der Waals surface area contributed by atoms with Gasteiger partial charge in [-0.1, -0.05) is 26.7 Å². The fraction of sp³-hybridized carbons (Fsp3) is 0.976. The van der Waals surface area contributed by atoms with E-state index in [-0.39, 0.29) is 6.10 Å². The normalized spacial score (nSPS) is 38.8. The second-order valence-corrected chi connectivity index (χ2v) is 18.0. The number of aliphatic hydroxyl groups is 1. The minimum absolute atomic E-state index is 0.000653. The van der Waals surface area contributed by atoms with Crippen molar-refractivity contribution in [3.63, 3.8) is 0 Å². The van der Waals surface area contributed by atoms with Gasteiger partial charge in [-0.25, -0.2) is 0 Å². The van der Waals surface area contributed by atoms with Crippen LogP contribution in [-0.4, -0.2) is 55.7 Å². The molecule has 4 aliphatic carbocycles. The van der Waals surface area contributed by atoms with E-state index < -0.39 is 0 Å². The molecule has 5 heteroatoms. The molecule has 2 aliphatic heterocycles. The van der Waals surface area contributed by atoms with Crippen LogP contribution >= 0.6 is 8.58 Å². The van der Waals surface area contributed by atoms with Crippen LogP contribution < -0.4 is 0 Å². The Morgan fingerprint density at radius 3 is 1.21 bits per heavy atom. The topological polar surface area (TPSA) is 55.8 Å². The highest BCUT2D eigenvalue weighted by Gasteiger charge is 2.36. The minimum Gasteiger partial charge on any atom is -0.393 e. The quantitative estimate of drug-likeness (QED) is 0.260. The lowest BCUT2D eigenvalue weighted by molar-refractivity contribution is -0.121. The lowest BCUT2D eigenvalue weighted by atomic mass is 9.69. The summed E-state index contributed by atoms with van der Waals surface area (Å²) >= 11 is 0. The lowest BCUT2D eigenvalue weighted by Crippen LogP contribution is -2.35. The van der Waals surface area contributed by atoms with E-state index in [2.05, 4.69) is 27.2 Å². The van der Waals surface area contributed by atoms with Crippen LogP contribution in [0, 0.1) is 47.3 Å². The highest BCUT2D eigenvalue weighted by Crippen LogP contribution is 2.44. The van der Waals surface area contributed by atoms with Gasteiger partial charge in [-0.15, -0.1) is 8.58 Å². The number of aliphatic hydroxyl groups excluding tert-OH is 1. The fourth-order valence-corrected chi connectivity index (χ4v) is 10.7. The van der Waals surface area contributed by atoms with E-state index in [0.717, 1.165) is 94.8 Å². The molecule has 2 heterocycles. The van der Waals surface area contributed by atoms with E-state index in [4.69, 9.17) is 9.47 Å². The number of Topliss-reactive ketones (excluding diaryl/α,β-unsaturated/α-hetero) is 1. The Balaban J connectivity index is 0.000000197. The molecule has 6 rings (SSSR count). The highest BCUT2D eigenvalue weighted by atomic mass is 31.1. The van der Waals surface area contributed by atoms with Crippen molar-refractivity contribution in [3.8, 4) is 0 Å². The molecule has 2 saturated heterocycles. The monoisotopic (exact) mass is 677 g/mol. The first kappa shape index (κ1) is 39.8. The van der Waals surface area contributed by atoms with Gasteiger partial charge >= 0.3 is 0 Å². The summed E-state index contributed by atoms with van der Waals surface area (Å²) in [7, 11) is 1.08. The third kappa shape index (κ3) is 13.2. The summed E-state index contributed by atoms with van der Waals surface area (Å²) in [4.78, 5) is 11.4. The maximum absolute atomic E-state index is 11.4. The van der Waals surface area contributed by atoms with Crippen LogP contribution in [0.2, 0.25) is 0 Å². The lowest BCUT2D eigenvalue weighted by Gasteiger charge is -2.41. The van der Waals surface area contributed by atoms with Crippen molar-refractivity contribution in [2.75, 3.05) is 26.5 Å². The second kappa shape index (κ2) is 22.0. The zero-order valence-electron chi connectivity index (χ0n) is 31.4. The predicted molar refractivity (Wildman–Crippen MR) is 201 cm³/mol. The SMILES string of the molecule is CCCC1CCC(C2CCC(C3CCC(=O)CC3)CC2)OC1.CCCC1CCC(C2CCC(C3CCC(O)CC3)CC2)OC1.CPC. The van der Waals surface area contributed by atoms with E-state index in [1.807, 2.05) is 0 Å². The van der Waals surface area contributed by atoms with Gasteiger partial charge in [0.2, 0.25) is 0 Å². The Labute approximate surface area is 293 Å². The Hall–Kier alpha value is -0.0200. The van der Waals surface area contributed by atoms with Gasteiger partial charge in [0, 0.05) is 26.1 Å². The van der Waals surface area contributed by atoms with Crippen LogP contribution in [0.4, 0.5) is 0 Å². The molecule has 4 nitrogen and oxygen atoms in total. The fourth-order valence-electron chi connectivity index (χ4n) is 10.7. The summed E-state index contributed by atoms with van der Waals surface area (Å²) in [5, 5.41) is 9.68. The van der Waals surface area contributed by atoms with E-state index in [0.29, 0.717) is 18.0 Å². The number of ketones is 1. The van der Waals surface area contributed by atoms with Crippen molar-refractivity contribution in [1.29, 1.82) is 0 Å². The van der Waals surface area contributed by atoms with Gasteiger partial charge in [-0.2, -0.15) is 0 Å². The number of hydrogen-bond acceptors (Lipinski definition) is 4. The molecule has 0 bridgehead atoms. The zero-order valence-corrected chi connectivity index (χ0v) is 32.4. The largest absolute Gasteiger partial charge is 0.393 e. The molecule has 1 N–H and O–H groups in total. The first-order valence-electron chi connectivity index (χ1n) is 20.9. The highest BCUT2D eigenvalue weighted by molar-refractivity contribution is 7.35. The summed E-state index contributed by atoms with van der Waals surface area (Å²) in [6, 6.07) is 0. The maximum Gasteiger partial charge on any atom is 0.132 e. The number of ether oxygens (including phenoxy) is 2. The molecule has 4 atom stereocenters. The van der Waals surface area contributed by atoms with E-state index in [1.54, 1.807) is 0 Å². The molecule has 6 aliphatic rings. The number of carbonyl (C=O) groups is 1. The van der Waals surface area contributed by atoms with E-state index in [9.17, 15) is 9.90 Å². The first-order valence-corrected chi connectivity index (χ1v) is 22.9. The van der Waals surface area contributed by atoms with E-state index in [1.165, 1.54) is 128 Å². The molecule has 0 aromatic heterocycles. The molecule has 4 unspecified atom stereocenters. The Morgan fingerprint density at radius 2 is 0.872 bits per heavy atom. The Morgan fingerprint density at radius 1 is 0.532 bits per heavy atom. The molecule has 0 aromatic rings. The van der Waals surface area contributed by atoms with Crippen molar-refractivity contribution in [3.05, 3.63) is 0 Å². The third-order valence-corrected chi connectivity index (χ3v) is 13.6. The van der Waals surface area contributed by atoms with E-state index >= 15 is 0 Å². The predicted octanol–water partition coefficient (Wildman–Crippen LogP) is 11.0. The van der Waals surface area contributed by atoms with Gasteiger partial charge in [0.05, 0.1) is 18.3 Å². The Kier molecular flexibility index (Phi) is 18.6. The van der Waals surface area contributed by atoms with Gasteiger partial charge in [0.25, 0.3) is 0 Å². The van der Waals surface area contributed by atoms with Crippen molar-refractivity contribution in [2.45, 2.75) is 186 Å². The molecule has 0 radical (unpaired) electrons. The van der Waals surface area contributed by atoms with Gasteiger partial charge in [0.15, 0.2) is 0 Å². The smallest absolute Gasteiger partial charge is 0.132 e. The van der Waals surface area contributed by atoms with Crippen molar-refractivity contribution in [2.24, 2.45) is 47.3 Å². The molecular formula is C42H77O4P. The van der Waals surface area contributed by atoms with Crippen LogP contribution in [0.3, 0.4) is 0 Å². The van der Waals surface area contributed by atoms with Gasteiger partial charge in [-0.05, 0) is 189 Å². The molecule has 0 spiro atoms. The van der Waals surface area contributed by atoms with Gasteiger partial charge < -0.3 is 14.6 Å². The zero-order chi connectivity index (χ0) is 33.4. The van der Waals surface area contributed by atoms with Crippen molar-refractivity contribution >= 4 is 14.4 Å². The summed E-state index contributed by atoms with van der Waals surface area (Å²) in [6.45, 7) is 10.9.